The lowest BCUT2D eigenvalue weighted by Crippen LogP contribution is -2.10. The second-order valence-electron chi connectivity index (χ2n) is 7.96. The molecule has 0 saturated heterocycles. The highest BCUT2D eigenvalue weighted by atomic mass is 16.5. The van der Waals surface area contributed by atoms with Crippen molar-refractivity contribution < 1.29 is 19.0 Å². The average Bonchev–Trinajstić information content (AvgIpc) is 2.64. The highest BCUT2D eigenvalue weighted by molar-refractivity contribution is 5.87. The van der Waals surface area contributed by atoms with Crippen LogP contribution >= 0.6 is 0 Å². The molecule has 0 spiro atoms. The highest BCUT2D eigenvalue weighted by Crippen LogP contribution is 2.29. The number of hydrogen-bond donors (Lipinski definition) is 0. The van der Waals surface area contributed by atoms with Gasteiger partial charge in [-0.2, -0.15) is 0 Å². The molecule has 0 aromatic heterocycles. The molecule has 0 heterocycles. The Hall–Kier alpha value is -2.75. The van der Waals surface area contributed by atoms with Crippen molar-refractivity contribution in [2.24, 2.45) is 0 Å². The first kappa shape index (κ1) is 21.5. The highest BCUT2D eigenvalue weighted by Gasteiger charge is 2.13. The summed E-state index contributed by atoms with van der Waals surface area (Å²) in [6.45, 7) is 10.7. The lowest BCUT2D eigenvalue weighted by atomic mass is 9.87. The molecule has 0 aliphatic heterocycles. The molecule has 0 saturated carbocycles. The Labute approximate surface area is 168 Å². The fraction of sp³-hybridized carbons (Fsp3) is 0.375. The number of carbonyl (C=O) groups is 1. The van der Waals surface area contributed by atoms with Gasteiger partial charge in [-0.1, -0.05) is 51.1 Å². The SMILES string of the molecule is COc1cc(/C=C/C(=O)OC(C)C)ccc1OCc1ccc(C(C)(C)C)cc1. The summed E-state index contributed by atoms with van der Waals surface area (Å²) in [5, 5.41) is 0. The zero-order valence-corrected chi connectivity index (χ0v) is 17.6. The van der Waals surface area contributed by atoms with Crippen molar-refractivity contribution in [3.63, 3.8) is 0 Å². The van der Waals surface area contributed by atoms with Gasteiger partial charge in [0, 0.05) is 6.08 Å². The van der Waals surface area contributed by atoms with E-state index in [1.165, 1.54) is 11.6 Å². The molecule has 2 rings (SSSR count). The molecule has 0 amide bonds. The van der Waals surface area contributed by atoms with Crippen LogP contribution in [0.5, 0.6) is 11.5 Å². The van der Waals surface area contributed by atoms with Crippen LogP contribution in [0, 0.1) is 0 Å². The Morgan fingerprint density at radius 3 is 2.29 bits per heavy atom. The lowest BCUT2D eigenvalue weighted by Gasteiger charge is -2.19. The Bertz CT molecular complexity index is 811. The van der Waals surface area contributed by atoms with Gasteiger partial charge in [-0.25, -0.2) is 4.79 Å². The molecule has 4 heteroatoms. The van der Waals surface area contributed by atoms with E-state index in [9.17, 15) is 4.79 Å². The van der Waals surface area contributed by atoms with E-state index in [2.05, 4.69) is 45.0 Å². The molecule has 0 N–H and O–H groups in total. The van der Waals surface area contributed by atoms with Crippen molar-refractivity contribution >= 4 is 12.0 Å². The molecule has 150 valence electrons. The van der Waals surface area contributed by atoms with Gasteiger partial charge in [-0.15, -0.1) is 0 Å². The number of rotatable bonds is 7. The quantitative estimate of drug-likeness (QED) is 0.466. The van der Waals surface area contributed by atoms with Crippen molar-refractivity contribution in [2.75, 3.05) is 7.11 Å². The molecule has 0 aliphatic rings. The van der Waals surface area contributed by atoms with Crippen LogP contribution in [-0.2, 0) is 21.6 Å². The first-order valence-electron chi connectivity index (χ1n) is 9.48. The maximum atomic E-state index is 11.6. The number of benzene rings is 2. The van der Waals surface area contributed by atoms with Crippen LogP contribution in [0.1, 0.15) is 51.3 Å². The summed E-state index contributed by atoms with van der Waals surface area (Å²) in [6, 6.07) is 14.0. The monoisotopic (exact) mass is 382 g/mol. The first-order valence-corrected chi connectivity index (χ1v) is 9.48. The third-order valence-corrected chi connectivity index (χ3v) is 4.17. The molecule has 4 nitrogen and oxygen atoms in total. The molecule has 2 aromatic carbocycles. The standard InChI is InChI=1S/C24H30O4/c1-17(2)28-23(25)14-10-18-9-13-21(22(15-18)26-6)27-16-19-7-11-20(12-8-19)24(3,4)5/h7-15,17H,16H2,1-6H3/b14-10+. The molecule has 0 aliphatic carbocycles. The van der Waals surface area contributed by atoms with Gasteiger partial charge in [0.2, 0.25) is 0 Å². The third-order valence-electron chi connectivity index (χ3n) is 4.17. The van der Waals surface area contributed by atoms with E-state index in [0.29, 0.717) is 18.1 Å². The summed E-state index contributed by atoms with van der Waals surface area (Å²) in [4.78, 5) is 11.6. The average molecular weight is 383 g/mol. The van der Waals surface area contributed by atoms with Gasteiger partial charge in [0.1, 0.15) is 6.61 Å². The molecule has 0 fully saturated rings. The number of ether oxygens (including phenoxy) is 3. The van der Waals surface area contributed by atoms with Crippen LogP contribution in [0.25, 0.3) is 6.08 Å². The number of methoxy groups -OCH3 is 1. The van der Waals surface area contributed by atoms with Crippen molar-refractivity contribution in [3.05, 3.63) is 65.2 Å². The van der Waals surface area contributed by atoms with Gasteiger partial charge in [-0.3, -0.25) is 0 Å². The molecule has 0 unspecified atom stereocenters. The van der Waals surface area contributed by atoms with Crippen LogP contribution in [0.4, 0.5) is 0 Å². The normalized spacial score (nSPS) is 11.7. The Kier molecular flexibility index (Phi) is 7.27. The van der Waals surface area contributed by atoms with E-state index in [4.69, 9.17) is 14.2 Å². The number of esters is 1. The summed E-state index contributed by atoms with van der Waals surface area (Å²) in [5.41, 5.74) is 3.35. The van der Waals surface area contributed by atoms with Crippen molar-refractivity contribution in [2.45, 2.75) is 52.7 Å². The van der Waals surface area contributed by atoms with Gasteiger partial charge >= 0.3 is 5.97 Å². The van der Waals surface area contributed by atoms with E-state index < -0.39 is 0 Å². The second-order valence-corrected chi connectivity index (χ2v) is 7.96. The number of hydrogen-bond acceptors (Lipinski definition) is 4. The summed E-state index contributed by atoms with van der Waals surface area (Å²) in [7, 11) is 1.60. The summed E-state index contributed by atoms with van der Waals surface area (Å²) in [6.07, 6.45) is 2.97. The van der Waals surface area contributed by atoms with Crippen LogP contribution in [0.3, 0.4) is 0 Å². The van der Waals surface area contributed by atoms with E-state index in [1.54, 1.807) is 13.2 Å². The topological polar surface area (TPSA) is 44.8 Å². The zero-order valence-electron chi connectivity index (χ0n) is 17.6. The molecule has 0 atom stereocenters. The van der Waals surface area contributed by atoms with Crippen LogP contribution in [-0.4, -0.2) is 19.2 Å². The Balaban J connectivity index is 2.04. The van der Waals surface area contributed by atoms with Gasteiger partial charge in [0.25, 0.3) is 0 Å². The van der Waals surface area contributed by atoms with Crippen molar-refractivity contribution in [3.8, 4) is 11.5 Å². The van der Waals surface area contributed by atoms with Crippen molar-refractivity contribution in [1.82, 2.24) is 0 Å². The van der Waals surface area contributed by atoms with Gasteiger partial charge < -0.3 is 14.2 Å². The van der Waals surface area contributed by atoms with E-state index in [-0.39, 0.29) is 17.5 Å². The van der Waals surface area contributed by atoms with Crippen LogP contribution in [0.15, 0.2) is 48.5 Å². The predicted octanol–water partition coefficient (Wildman–Crippen LogP) is 5.54. The fourth-order valence-electron chi connectivity index (χ4n) is 2.61. The fourth-order valence-corrected chi connectivity index (χ4v) is 2.61. The molecule has 2 aromatic rings. The van der Waals surface area contributed by atoms with Crippen LogP contribution < -0.4 is 9.47 Å². The zero-order chi connectivity index (χ0) is 20.7. The van der Waals surface area contributed by atoms with Gasteiger partial charge in [0.15, 0.2) is 11.5 Å². The lowest BCUT2D eigenvalue weighted by molar-refractivity contribution is -0.141. The molecule has 28 heavy (non-hydrogen) atoms. The maximum absolute atomic E-state index is 11.6. The van der Waals surface area contributed by atoms with E-state index >= 15 is 0 Å². The minimum atomic E-state index is -0.368. The third kappa shape index (κ3) is 6.45. The Morgan fingerprint density at radius 2 is 1.71 bits per heavy atom. The van der Waals surface area contributed by atoms with Crippen LogP contribution in [0.2, 0.25) is 0 Å². The molecule has 0 radical (unpaired) electrons. The maximum Gasteiger partial charge on any atom is 0.331 e. The molecular weight excluding hydrogens is 352 g/mol. The molecule has 0 bridgehead atoms. The largest absolute Gasteiger partial charge is 0.493 e. The predicted molar refractivity (Wildman–Crippen MR) is 113 cm³/mol. The minimum absolute atomic E-state index is 0.132. The van der Waals surface area contributed by atoms with Gasteiger partial charge in [0.05, 0.1) is 13.2 Å². The summed E-state index contributed by atoms with van der Waals surface area (Å²) >= 11 is 0. The molecular formula is C24H30O4. The summed E-state index contributed by atoms with van der Waals surface area (Å²) < 4.78 is 16.5. The van der Waals surface area contributed by atoms with Gasteiger partial charge in [-0.05, 0) is 54.2 Å². The van der Waals surface area contributed by atoms with E-state index in [0.717, 1.165) is 11.1 Å². The minimum Gasteiger partial charge on any atom is -0.493 e. The second kappa shape index (κ2) is 9.45. The number of carbonyl (C=O) groups excluding carboxylic acids is 1. The van der Waals surface area contributed by atoms with E-state index in [1.807, 2.05) is 32.0 Å². The first-order chi connectivity index (χ1) is 13.2. The summed E-state index contributed by atoms with van der Waals surface area (Å²) in [5.74, 6) is 0.906. The smallest absolute Gasteiger partial charge is 0.331 e. The van der Waals surface area contributed by atoms with Crippen molar-refractivity contribution in [1.29, 1.82) is 0 Å². The Morgan fingerprint density at radius 1 is 1.04 bits per heavy atom.